The van der Waals surface area contributed by atoms with Gasteiger partial charge in [-0.3, -0.25) is 4.57 Å². The number of benzene rings is 1. The van der Waals surface area contributed by atoms with Crippen molar-refractivity contribution in [3.63, 3.8) is 0 Å². The molecule has 1 aromatic heterocycles. The van der Waals surface area contributed by atoms with Gasteiger partial charge in [0.05, 0.1) is 19.3 Å². The van der Waals surface area contributed by atoms with Crippen LogP contribution in [-0.2, 0) is 11.3 Å². The van der Waals surface area contributed by atoms with E-state index in [-0.39, 0.29) is 11.9 Å². The van der Waals surface area contributed by atoms with Crippen LogP contribution in [0.3, 0.4) is 0 Å². The second-order valence-corrected chi connectivity index (χ2v) is 9.26. The fraction of sp³-hybridized carbons (Fsp3) is 0.636. The Hall–Kier alpha value is -1.80. The van der Waals surface area contributed by atoms with Gasteiger partial charge in [0.25, 0.3) is 0 Å². The summed E-state index contributed by atoms with van der Waals surface area (Å²) in [5.74, 6) is 3.11. The number of aromatic nitrogens is 3. The maximum absolute atomic E-state index is 13.0. The summed E-state index contributed by atoms with van der Waals surface area (Å²) in [6.07, 6.45) is 5.78. The van der Waals surface area contributed by atoms with Gasteiger partial charge in [0.15, 0.2) is 5.16 Å². The summed E-state index contributed by atoms with van der Waals surface area (Å²) in [5.41, 5.74) is 0. The zero-order valence-corrected chi connectivity index (χ0v) is 18.5. The Kier molecular flexibility index (Phi) is 7.49. The molecule has 0 amide bonds. The van der Waals surface area contributed by atoms with E-state index in [0.29, 0.717) is 12.4 Å². The van der Waals surface area contributed by atoms with Gasteiger partial charge in [0, 0.05) is 25.4 Å². The van der Waals surface area contributed by atoms with Gasteiger partial charge in [-0.25, -0.2) is 4.39 Å². The maximum Gasteiger partial charge on any atom is 0.228 e. The van der Waals surface area contributed by atoms with Crippen molar-refractivity contribution in [3.8, 4) is 5.75 Å². The molecule has 0 aliphatic carbocycles. The average molecular weight is 435 g/mol. The van der Waals surface area contributed by atoms with E-state index < -0.39 is 0 Å². The summed E-state index contributed by atoms with van der Waals surface area (Å²) < 4.78 is 26.8. The van der Waals surface area contributed by atoms with Crippen LogP contribution in [0.5, 0.6) is 5.75 Å². The summed E-state index contributed by atoms with van der Waals surface area (Å²) >= 11 is 1.72. The molecule has 1 aromatic carbocycles. The molecule has 2 fully saturated rings. The number of ether oxygens (including phenoxy) is 2. The van der Waals surface area contributed by atoms with E-state index >= 15 is 0 Å². The van der Waals surface area contributed by atoms with Crippen molar-refractivity contribution in [1.29, 1.82) is 0 Å². The lowest BCUT2D eigenvalue weighted by Gasteiger charge is -2.31. The minimum atomic E-state index is -0.248. The molecule has 6 nitrogen and oxygen atoms in total. The predicted octanol–water partition coefficient (Wildman–Crippen LogP) is 4.39. The molecular weight excluding hydrogens is 403 g/mol. The molecule has 2 aliphatic rings. The van der Waals surface area contributed by atoms with Crippen LogP contribution in [0.2, 0.25) is 0 Å². The van der Waals surface area contributed by atoms with Gasteiger partial charge in [-0.15, -0.1) is 10.2 Å². The molecule has 0 saturated carbocycles. The van der Waals surface area contributed by atoms with Gasteiger partial charge in [0.1, 0.15) is 11.6 Å². The van der Waals surface area contributed by atoms with Gasteiger partial charge in [-0.1, -0.05) is 18.7 Å². The molecule has 0 N–H and O–H groups in total. The molecule has 2 saturated heterocycles. The zero-order chi connectivity index (χ0) is 20.8. The lowest BCUT2D eigenvalue weighted by Crippen LogP contribution is -2.35. The first-order valence-corrected chi connectivity index (χ1v) is 12.0. The average Bonchev–Trinajstić information content (AvgIpc) is 3.41. The van der Waals surface area contributed by atoms with Gasteiger partial charge < -0.3 is 14.4 Å². The molecule has 1 unspecified atom stereocenters. The van der Waals surface area contributed by atoms with Gasteiger partial charge in [-0.2, -0.15) is 0 Å². The number of hydrogen-bond acceptors (Lipinski definition) is 6. The minimum absolute atomic E-state index is 0.248. The molecule has 0 spiro atoms. The van der Waals surface area contributed by atoms with Gasteiger partial charge >= 0.3 is 0 Å². The number of rotatable bonds is 9. The Morgan fingerprint density at radius 3 is 2.70 bits per heavy atom. The van der Waals surface area contributed by atoms with E-state index in [9.17, 15) is 4.39 Å². The number of piperidine rings is 1. The Balaban J connectivity index is 1.33. The molecule has 1 atom stereocenters. The fourth-order valence-electron chi connectivity index (χ4n) is 3.93. The predicted molar refractivity (Wildman–Crippen MR) is 117 cm³/mol. The van der Waals surface area contributed by atoms with E-state index in [1.54, 1.807) is 23.9 Å². The normalized spacial score (nSPS) is 20.1. The third kappa shape index (κ3) is 5.66. The van der Waals surface area contributed by atoms with Crippen molar-refractivity contribution in [2.24, 2.45) is 5.92 Å². The minimum Gasteiger partial charge on any atom is -0.494 e. The zero-order valence-electron chi connectivity index (χ0n) is 17.6. The van der Waals surface area contributed by atoms with E-state index in [1.807, 2.05) is 0 Å². The lowest BCUT2D eigenvalue weighted by atomic mass is 10.00. The van der Waals surface area contributed by atoms with Gasteiger partial charge in [0.2, 0.25) is 5.95 Å². The monoisotopic (exact) mass is 434 g/mol. The summed E-state index contributed by atoms with van der Waals surface area (Å²) in [6.45, 7) is 6.68. The Bertz CT molecular complexity index is 787. The topological polar surface area (TPSA) is 52.4 Å². The summed E-state index contributed by atoms with van der Waals surface area (Å²) in [7, 11) is 0. The largest absolute Gasteiger partial charge is 0.494 e. The highest BCUT2D eigenvalue weighted by molar-refractivity contribution is 7.99. The van der Waals surface area contributed by atoms with Crippen molar-refractivity contribution in [2.45, 2.75) is 56.8 Å². The first kappa shape index (κ1) is 21.4. The Labute approximate surface area is 182 Å². The van der Waals surface area contributed by atoms with E-state index in [1.165, 1.54) is 25.0 Å². The molecule has 2 aromatic rings. The molecule has 0 bridgehead atoms. The summed E-state index contributed by atoms with van der Waals surface area (Å²) in [6, 6.07) is 6.15. The number of nitrogens with zero attached hydrogens (tertiary/aromatic N) is 4. The van der Waals surface area contributed by atoms with Crippen LogP contribution in [0.4, 0.5) is 10.3 Å². The quantitative estimate of drug-likeness (QED) is 0.431. The van der Waals surface area contributed by atoms with E-state index in [0.717, 1.165) is 68.3 Å². The summed E-state index contributed by atoms with van der Waals surface area (Å²) in [4.78, 5) is 2.38. The van der Waals surface area contributed by atoms with Crippen LogP contribution < -0.4 is 9.64 Å². The van der Waals surface area contributed by atoms with Crippen LogP contribution in [-0.4, -0.2) is 52.9 Å². The van der Waals surface area contributed by atoms with Crippen molar-refractivity contribution >= 4 is 17.7 Å². The van der Waals surface area contributed by atoms with Crippen LogP contribution in [0.15, 0.2) is 29.4 Å². The molecule has 0 radical (unpaired) electrons. The Morgan fingerprint density at radius 2 is 1.97 bits per heavy atom. The lowest BCUT2D eigenvalue weighted by molar-refractivity contribution is 0.0951. The Morgan fingerprint density at radius 1 is 1.17 bits per heavy atom. The van der Waals surface area contributed by atoms with Crippen molar-refractivity contribution in [1.82, 2.24) is 14.8 Å². The molecule has 30 heavy (non-hydrogen) atoms. The van der Waals surface area contributed by atoms with Gasteiger partial charge in [-0.05, 0) is 62.3 Å². The highest BCUT2D eigenvalue weighted by Crippen LogP contribution is 2.28. The number of anilines is 1. The second kappa shape index (κ2) is 10.5. The highest BCUT2D eigenvalue weighted by Gasteiger charge is 2.25. The second-order valence-electron chi connectivity index (χ2n) is 8.20. The van der Waals surface area contributed by atoms with Crippen molar-refractivity contribution in [3.05, 3.63) is 30.1 Å². The van der Waals surface area contributed by atoms with Crippen molar-refractivity contribution < 1.29 is 13.9 Å². The van der Waals surface area contributed by atoms with E-state index in [4.69, 9.17) is 9.47 Å². The first-order valence-electron chi connectivity index (χ1n) is 11.0. The molecule has 4 rings (SSSR count). The SMILES string of the molecule is CC1CCN(c2nnc(SCCCOc3ccc(F)cc3)n2CC2CCCO2)CC1. The van der Waals surface area contributed by atoms with Crippen molar-refractivity contribution in [2.75, 3.05) is 37.0 Å². The standard InChI is InChI=1S/C22H31FN4O2S/c1-17-9-11-26(12-10-17)21-24-25-22(27(21)16-20-4-2-13-29-20)30-15-3-14-28-19-7-5-18(23)6-8-19/h5-8,17,20H,2-4,9-16H2,1H3. The molecular formula is C22H31FN4O2S. The van der Waals surface area contributed by atoms with E-state index in [2.05, 4.69) is 26.6 Å². The number of thioether (sulfide) groups is 1. The molecule has 2 aliphatic heterocycles. The third-order valence-electron chi connectivity index (χ3n) is 5.78. The number of hydrogen-bond donors (Lipinski definition) is 0. The van der Waals surface area contributed by atoms with Crippen LogP contribution >= 0.6 is 11.8 Å². The molecule has 164 valence electrons. The smallest absolute Gasteiger partial charge is 0.228 e. The highest BCUT2D eigenvalue weighted by atomic mass is 32.2. The maximum atomic E-state index is 13.0. The fourth-order valence-corrected chi connectivity index (χ4v) is 4.78. The first-order chi connectivity index (χ1) is 14.7. The van der Waals surface area contributed by atoms with Crippen LogP contribution in [0.1, 0.15) is 39.0 Å². The summed E-state index contributed by atoms with van der Waals surface area (Å²) in [5, 5.41) is 10.0. The van der Waals surface area contributed by atoms with Crippen LogP contribution in [0.25, 0.3) is 0 Å². The molecule has 3 heterocycles. The third-order valence-corrected chi connectivity index (χ3v) is 6.83. The number of halogens is 1. The van der Waals surface area contributed by atoms with Crippen LogP contribution in [0, 0.1) is 11.7 Å². The molecule has 8 heteroatoms.